The summed E-state index contributed by atoms with van der Waals surface area (Å²) in [6, 6.07) is 10.8. The van der Waals surface area contributed by atoms with Crippen molar-refractivity contribution in [3.05, 3.63) is 60.0 Å². The Morgan fingerprint density at radius 2 is 2.12 bits per heavy atom. The molecule has 8 nitrogen and oxygen atoms in total. The van der Waals surface area contributed by atoms with E-state index < -0.39 is 0 Å². The molecule has 0 aliphatic heterocycles. The van der Waals surface area contributed by atoms with Crippen LogP contribution in [0.25, 0.3) is 5.69 Å². The highest BCUT2D eigenvalue weighted by Gasteiger charge is 2.14. The zero-order valence-electron chi connectivity index (χ0n) is 13.1. The van der Waals surface area contributed by atoms with Gasteiger partial charge in [-0.15, -0.1) is 5.10 Å². The molecule has 1 aromatic carbocycles. The van der Waals surface area contributed by atoms with Crippen LogP contribution < -0.4 is 10.1 Å². The first-order valence-corrected chi connectivity index (χ1v) is 7.47. The van der Waals surface area contributed by atoms with E-state index in [0.29, 0.717) is 30.3 Å². The van der Waals surface area contributed by atoms with Gasteiger partial charge in [0.1, 0.15) is 6.33 Å². The Morgan fingerprint density at radius 1 is 1.25 bits per heavy atom. The summed E-state index contributed by atoms with van der Waals surface area (Å²) < 4.78 is 6.91. The number of amides is 1. The summed E-state index contributed by atoms with van der Waals surface area (Å²) in [7, 11) is 0. The minimum atomic E-state index is -0.229. The highest BCUT2D eigenvalue weighted by Crippen LogP contribution is 2.16. The topological polar surface area (TPSA) is 94.8 Å². The van der Waals surface area contributed by atoms with Gasteiger partial charge in [-0.3, -0.25) is 4.79 Å². The second kappa shape index (κ2) is 7.32. The van der Waals surface area contributed by atoms with Crippen LogP contribution >= 0.6 is 0 Å². The molecule has 3 rings (SSSR count). The molecule has 0 saturated carbocycles. The molecule has 0 aliphatic carbocycles. The smallest absolute Gasteiger partial charge is 0.253 e. The van der Waals surface area contributed by atoms with Crippen LogP contribution in [0.5, 0.6) is 5.88 Å². The summed E-state index contributed by atoms with van der Waals surface area (Å²) >= 11 is 0. The third-order valence-electron chi connectivity index (χ3n) is 3.31. The van der Waals surface area contributed by atoms with Gasteiger partial charge in [-0.1, -0.05) is 18.2 Å². The van der Waals surface area contributed by atoms with Crippen molar-refractivity contribution in [2.24, 2.45) is 0 Å². The van der Waals surface area contributed by atoms with E-state index in [1.165, 1.54) is 11.0 Å². The number of pyridine rings is 1. The van der Waals surface area contributed by atoms with Gasteiger partial charge in [0, 0.05) is 18.3 Å². The lowest BCUT2D eigenvalue weighted by Gasteiger charge is -2.11. The Morgan fingerprint density at radius 3 is 2.92 bits per heavy atom. The molecule has 8 heteroatoms. The average Bonchev–Trinajstić information content (AvgIpc) is 3.15. The molecule has 0 spiro atoms. The van der Waals surface area contributed by atoms with Gasteiger partial charge in [-0.2, -0.15) is 4.68 Å². The quantitative estimate of drug-likeness (QED) is 0.736. The Kier molecular flexibility index (Phi) is 4.76. The number of rotatable bonds is 6. The second-order valence-corrected chi connectivity index (χ2v) is 4.85. The van der Waals surface area contributed by atoms with Gasteiger partial charge < -0.3 is 10.1 Å². The summed E-state index contributed by atoms with van der Waals surface area (Å²) in [5.74, 6) is 0.293. The lowest BCUT2D eigenvalue weighted by Crippen LogP contribution is -2.24. The molecular formula is C16H16N6O2. The standard InChI is InChI=1S/C16H16N6O2/c1-2-24-16-12(6-5-9-17-16)10-18-15(23)13-7-3-4-8-14(13)22-11-19-20-21-22/h3-9,11H,2,10H2,1H3,(H,18,23). The maximum atomic E-state index is 12.5. The monoisotopic (exact) mass is 324 g/mol. The second-order valence-electron chi connectivity index (χ2n) is 4.85. The van der Waals surface area contributed by atoms with E-state index in [1.807, 2.05) is 19.1 Å². The SMILES string of the molecule is CCOc1ncccc1CNC(=O)c1ccccc1-n1cnnn1. The summed E-state index contributed by atoms with van der Waals surface area (Å²) in [6.07, 6.45) is 3.10. The molecule has 0 atom stereocenters. The maximum Gasteiger partial charge on any atom is 0.253 e. The Hall–Kier alpha value is -3.29. The normalized spacial score (nSPS) is 10.4. The largest absolute Gasteiger partial charge is 0.478 e. The number of tetrazole rings is 1. The van der Waals surface area contributed by atoms with Crippen molar-refractivity contribution in [1.82, 2.24) is 30.5 Å². The maximum absolute atomic E-state index is 12.5. The third-order valence-corrected chi connectivity index (χ3v) is 3.31. The number of nitrogens with zero attached hydrogens (tertiary/aromatic N) is 5. The minimum absolute atomic E-state index is 0.229. The first kappa shape index (κ1) is 15.6. The number of para-hydroxylation sites is 1. The van der Waals surface area contributed by atoms with E-state index in [4.69, 9.17) is 4.74 Å². The summed E-state index contributed by atoms with van der Waals surface area (Å²) in [6.45, 7) is 2.71. The van der Waals surface area contributed by atoms with Gasteiger partial charge in [-0.25, -0.2) is 4.98 Å². The van der Waals surface area contributed by atoms with Crippen LogP contribution in [0, 0.1) is 0 Å². The van der Waals surface area contributed by atoms with Crippen molar-refractivity contribution in [1.29, 1.82) is 0 Å². The molecule has 24 heavy (non-hydrogen) atoms. The van der Waals surface area contributed by atoms with Gasteiger partial charge in [0.25, 0.3) is 5.91 Å². The fraction of sp³-hybridized carbons (Fsp3) is 0.188. The van der Waals surface area contributed by atoms with Crippen LogP contribution in [0.4, 0.5) is 0 Å². The molecule has 2 heterocycles. The van der Waals surface area contributed by atoms with Crippen LogP contribution in [0.3, 0.4) is 0 Å². The molecule has 0 saturated heterocycles. The Balaban J connectivity index is 1.77. The van der Waals surface area contributed by atoms with Gasteiger partial charge in [0.15, 0.2) is 0 Å². The highest BCUT2D eigenvalue weighted by molar-refractivity contribution is 5.97. The van der Waals surface area contributed by atoms with E-state index in [9.17, 15) is 4.79 Å². The van der Waals surface area contributed by atoms with Crippen LogP contribution in [0.15, 0.2) is 48.9 Å². The van der Waals surface area contributed by atoms with E-state index >= 15 is 0 Å². The fourth-order valence-electron chi connectivity index (χ4n) is 2.23. The number of carbonyl (C=O) groups is 1. The van der Waals surface area contributed by atoms with Crippen LogP contribution in [-0.2, 0) is 6.54 Å². The molecule has 0 radical (unpaired) electrons. The number of ether oxygens (including phenoxy) is 1. The third kappa shape index (κ3) is 3.37. The van der Waals surface area contributed by atoms with Crippen molar-refractivity contribution in [2.75, 3.05) is 6.61 Å². The summed E-state index contributed by atoms with van der Waals surface area (Å²) in [5.41, 5.74) is 1.90. The molecule has 0 fully saturated rings. The van der Waals surface area contributed by atoms with Crippen LogP contribution in [0.2, 0.25) is 0 Å². The molecule has 0 unspecified atom stereocenters. The van der Waals surface area contributed by atoms with E-state index in [1.54, 1.807) is 30.5 Å². The molecule has 1 N–H and O–H groups in total. The lowest BCUT2D eigenvalue weighted by molar-refractivity contribution is 0.0950. The number of hydrogen-bond donors (Lipinski definition) is 1. The first-order valence-electron chi connectivity index (χ1n) is 7.47. The number of nitrogens with one attached hydrogen (secondary N) is 1. The number of benzene rings is 1. The van der Waals surface area contributed by atoms with E-state index in [2.05, 4.69) is 25.8 Å². The van der Waals surface area contributed by atoms with Crippen molar-refractivity contribution in [3.63, 3.8) is 0 Å². The molecule has 0 aliphatic rings. The Labute approximate surface area is 138 Å². The number of hydrogen-bond acceptors (Lipinski definition) is 6. The van der Waals surface area contributed by atoms with Gasteiger partial charge in [-0.05, 0) is 35.5 Å². The first-order chi connectivity index (χ1) is 11.8. The van der Waals surface area contributed by atoms with Crippen molar-refractivity contribution < 1.29 is 9.53 Å². The molecule has 2 aromatic heterocycles. The molecule has 122 valence electrons. The van der Waals surface area contributed by atoms with Crippen molar-refractivity contribution in [2.45, 2.75) is 13.5 Å². The van der Waals surface area contributed by atoms with Gasteiger partial charge in [0.05, 0.1) is 17.9 Å². The molecule has 1 amide bonds. The zero-order valence-corrected chi connectivity index (χ0v) is 13.1. The summed E-state index contributed by atoms with van der Waals surface area (Å²) in [5, 5.41) is 13.9. The van der Waals surface area contributed by atoms with Crippen molar-refractivity contribution in [3.8, 4) is 11.6 Å². The zero-order chi connectivity index (χ0) is 16.8. The minimum Gasteiger partial charge on any atom is -0.478 e. The highest BCUT2D eigenvalue weighted by atomic mass is 16.5. The number of aromatic nitrogens is 5. The van der Waals surface area contributed by atoms with E-state index in [-0.39, 0.29) is 5.91 Å². The van der Waals surface area contributed by atoms with E-state index in [0.717, 1.165) is 5.56 Å². The molecule has 0 bridgehead atoms. The molecule has 3 aromatic rings. The average molecular weight is 324 g/mol. The Bertz CT molecular complexity index is 819. The fourth-order valence-corrected chi connectivity index (χ4v) is 2.23. The number of carbonyl (C=O) groups excluding carboxylic acids is 1. The van der Waals surface area contributed by atoms with Crippen LogP contribution in [0.1, 0.15) is 22.8 Å². The van der Waals surface area contributed by atoms with Crippen molar-refractivity contribution >= 4 is 5.91 Å². The predicted octanol–water partition coefficient (Wildman–Crippen LogP) is 1.39. The van der Waals surface area contributed by atoms with Gasteiger partial charge >= 0.3 is 0 Å². The predicted molar refractivity (Wildman–Crippen MR) is 85.7 cm³/mol. The molecular weight excluding hydrogens is 308 g/mol. The lowest BCUT2D eigenvalue weighted by atomic mass is 10.1. The van der Waals surface area contributed by atoms with Gasteiger partial charge in [0.2, 0.25) is 5.88 Å². The van der Waals surface area contributed by atoms with Crippen LogP contribution in [-0.4, -0.2) is 37.7 Å². The summed E-state index contributed by atoms with van der Waals surface area (Å²) in [4.78, 5) is 16.7.